The molecular formula is C22H28N2O3S2. The minimum absolute atomic E-state index is 0.0471. The Balaban J connectivity index is 1.79. The first kappa shape index (κ1) is 21.9. The predicted molar refractivity (Wildman–Crippen MR) is 118 cm³/mol. The molecule has 0 radical (unpaired) electrons. The van der Waals surface area contributed by atoms with Crippen molar-refractivity contribution in [1.82, 2.24) is 9.62 Å². The Morgan fingerprint density at radius 2 is 1.79 bits per heavy atom. The van der Waals surface area contributed by atoms with Gasteiger partial charge in [0.05, 0.1) is 10.5 Å². The number of hydrogen-bond acceptors (Lipinski definition) is 4. The zero-order valence-corrected chi connectivity index (χ0v) is 18.6. The topological polar surface area (TPSA) is 66.5 Å². The minimum atomic E-state index is -3.71. The highest BCUT2D eigenvalue weighted by atomic mass is 32.2. The molecule has 1 N–H and O–H groups in total. The summed E-state index contributed by atoms with van der Waals surface area (Å²) in [5.41, 5.74) is 1.55. The van der Waals surface area contributed by atoms with Crippen LogP contribution in [0.3, 0.4) is 0 Å². The number of nitrogens with one attached hydrogen (secondary N) is 1. The van der Waals surface area contributed by atoms with Crippen molar-refractivity contribution in [3.05, 3.63) is 59.7 Å². The monoisotopic (exact) mass is 432 g/mol. The van der Waals surface area contributed by atoms with E-state index in [2.05, 4.69) is 4.72 Å². The quantitative estimate of drug-likeness (QED) is 0.669. The van der Waals surface area contributed by atoms with E-state index in [4.69, 9.17) is 0 Å². The molecule has 0 unspecified atom stereocenters. The largest absolute Gasteiger partial charge is 0.339 e. The highest BCUT2D eigenvalue weighted by Crippen LogP contribution is 2.26. The average Bonchev–Trinajstić information content (AvgIpc) is 2.77. The van der Waals surface area contributed by atoms with Gasteiger partial charge < -0.3 is 4.90 Å². The van der Waals surface area contributed by atoms with Crippen molar-refractivity contribution in [2.75, 3.05) is 25.9 Å². The number of sulfonamides is 1. The summed E-state index contributed by atoms with van der Waals surface area (Å²) in [6.07, 6.45) is 5.03. The molecule has 0 saturated carbocycles. The zero-order chi connectivity index (χ0) is 20.9. The second kappa shape index (κ2) is 9.78. The molecule has 0 aromatic heterocycles. The fourth-order valence-corrected chi connectivity index (χ4v) is 5.23. The Labute approximate surface area is 177 Å². The van der Waals surface area contributed by atoms with Gasteiger partial charge in [-0.05, 0) is 55.2 Å². The van der Waals surface area contributed by atoms with E-state index >= 15 is 0 Å². The maximum absolute atomic E-state index is 13.0. The van der Waals surface area contributed by atoms with E-state index in [1.807, 2.05) is 48.4 Å². The summed E-state index contributed by atoms with van der Waals surface area (Å²) in [6.45, 7) is 3.75. The van der Waals surface area contributed by atoms with Crippen LogP contribution in [0.25, 0.3) is 0 Å². The third-order valence-corrected chi connectivity index (χ3v) is 7.52. The number of likely N-dealkylation sites (tertiary alicyclic amines) is 1. The summed E-state index contributed by atoms with van der Waals surface area (Å²) < 4.78 is 28.4. The molecule has 1 amide bonds. The van der Waals surface area contributed by atoms with Crippen molar-refractivity contribution >= 4 is 27.7 Å². The molecule has 1 atom stereocenters. The van der Waals surface area contributed by atoms with E-state index in [0.717, 1.165) is 42.8 Å². The molecule has 0 aliphatic carbocycles. The highest BCUT2D eigenvalue weighted by Gasteiger charge is 2.24. The van der Waals surface area contributed by atoms with E-state index in [9.17, 15) is 13.2 Å². The van der Waals surface area contributed by atoms with Crippen LogP contribution in [0.1, 0.15) is 48.0 Å². The number of carbonyl (C=O) groups excluding carboxylic acids is 1. The maximum Gasteiger partial charge on any atom is 0.255 e. The molecule has 1 saturated heterocycles. The van der Waals surface area contributed by atoms with Crippen LogP contribution in [0, 0.1) is 0 Å². The van der Waals surface area contributed by atoms with Crippen molar-refractivity contribution in [2.24, 2.45) is 0 Å². The van der Waals surface area contributed by atoms with Crippen molar-refractivity contribution in [2.45, 2.75) is 41.9 Å². The fraction of sp³-hybridized carbons (Fsp3) is 0.409. The van der Waals surface area contributed by atoms with Gasteiger partial charge in [-0.1, -0.05) is 37.3 Å². The van der Waals surface area contributed by atoms with Crippen LogP contribution >= 0.6 is 11.8 Å². The molecule has 1 heterocycles. The normalized spacial score (nSPS) is 15.9. The van der Waals surface area contributed by atoms with Crippen LogP contribution in [-0.4, -0.2) is 45.1 Å². The van der Waals surface area contributed by atoms with Gasteiger partial charge in [-0.25, -0.2) is 13.1 Å². The molecule has 3 rings (SSSR count). The van der Waals surface area contributed by atoms with Crippen LogP contribution in [0.2, 0.25) is 0 Å². The lowest BCUT2D eigenvalue weighted by Crippen LogP contribution is -2.36. The first-order chi connectivity index (χ1) is 13.9. The molecule has 1 aliphatic heterocycles. The van der Waals surface area contributed by atoms with Crippen molar-refractivity contribution in [3.63, 3.8) is 0 Å². The third kappa shape index (κ3) is 5.41. The lowest BCUT2D eigenvalue weighted by molar-refractivity contribution is 0.0720. The number of thioether (sulfide) groups is 1. The van der Waals surface area contributed by atoms with Gasteiger partial charge in [0, 0.05) is 24.5 Å². The molecular weight excluding hydrogens is 404 g/mol. The number of hydrogen-bond donors (Lipinski definition) is 1. The van der Waals surface area contributed by atoms with Gasteiger partial charge in [0.15, 0.2) is 0 Å². The van der Waals surface area contributed by atoms with Crippen LogP contribution in [0.5, 0.6) is 0 Å². The van der Waals surface area contributed by atoms with E-state index in [0.29, 0.717) is 12.1 Å². The molecule has 1 fully saturated rings. The third-order valence-electron chi connectivity index (χ3n) is 5.30. The maximum atomic E-state index is 13.0. The van der Waals surface area contributed by atoms with Crippen molar-refractivity contribution in [1.29, 1.82) is 0 Å². The predicted octanol–water partition coefficient (Wildman–Crippen LogP) is 4.12. The smallest absolute Gasteiger partial charge is 0.255 e. The molecule has 156 valence electrons. The van der Waals surface area contributed by atoms with E-state index in [1.54, 1.807) is 12.1 Å². The summed E-state index contributed by atoms with van der Waals surface area (Å²) in [5, 5.41) is 0. The van der Waals surface area contributed by atoms with Gasteiger partial charge in [0.25, 0.3) is 5.91 Å². The van der Waals surface area contributed by atoms with Crippen LogP contribution in [-0.2, 0) is 10.0 Å². The summed E-state index contributed by atoms with van der Waals surface area (Å²) >= 11 is 1.46. The SMILES string of the molecule is CSc1ccc(S(=O)(=O)NC[C@@H](C)c2ccccc2)cc1C(=O)N1CCCCC1. The molecule has 5 nitrogen and oxygen atoms in total. The van der Waals surface area contributed by atoms with Gasteiger partial charge in [0.1, 0.15) is 0 Å². The van der Waals surface area contributed by atoms with Gasteiger partial charge in [-0.3, -0.25) is 4.79 Å². The zero-order valence-electron chi connectivity index (χ0n) is 16.9. The second-order valence-electron chi connectivity index (χ2n) is 7.38. The Hall–Kier alpha value is -1.83. The first-order valence-corrected chi connectivity index (χ1v) is 12.6. The number of benzene rings is 2. The molecule has 0 bridgehead atoms. The summed E-state index contributed by atoms with van der Waals surface area (Å²) in [4.78, 5) is 15.8. The van der Waals surface area contributed by atoms with Crippen molar-refractivity contribution < 1.29 is 13.2 Å². The molecule has 2 aromatic carbocycles. The molecule has 29 heavy (non-hydrogen) atoms. The number of rotatable bonds is 7. The minimum Gasteiger partial charge on any atom is -0.339 e. The summed E-state index contributed by atoms with van der Waals surface area (Å²) in [6, 6.07) is 14.6. The fourth-order valence-electron chi connectivity index (χ4n) is 3.51. The van der Waals surface area contributed by atoms with Gasteiger partial charge >= 0.3 is 0 Å². The molecule has 2 aromatic rings. The lowest BCUT2D eigenvalue weighted by Gasteiger charge is -2.27. The first-order valence-electron chi connectivity index (χ1n) is 9.94. The number of amides is 1. The Bertz CT molecular complexity index is 940. The van der Waals surface area contributed by atoms with Gasteiger partial charge in [0.2, 0.25) is 10.0 Å². The Morgan fingerprint density at radius 3 is 2.45 bits per heavy atom. The van der Waals surface area contributed by atoms with Crippen LogP contribution < -0.4 is 4.72 Å². The Morgan fingerprint density at radius 1 is 1.10 bits per heavy atom. The number of nitrogens with zero attached hydrogens (tertiary/aromatic N) is 1. The van der Waals surface area contributed by atoms with Crippen LogP contribution in [0.4, 0.5) is 0 Å². The van der Waals surface area contributed by atoms with Gasteiger partial charge in [-0.15, -0.1) is 11.8 Å². The molecule has 0 spiro atoms. The lowest BCUT2D eigenvalue weighted by atomic mass is 10.0. The number of piperidine rings is 1. The summed E-state index contributed by atoms with van der Waals surface area (Å²) in [7, 11) is -3.71. The highest BCUT2D eigenvalue weighted by molar-refractivity contribution is 7.98. The number of carbonyl (C=O) groups is 1. The Kier molecular flexibility index (Phi) is 7.38. The van der Waals surface area contributed by atoms with Crippen molar-refractivity contribution in [3.8, 4) is 0 Å². The van der Waals surface area contributed by atoms with E-state index in [-0.39, 0.29) is 16.7 Å². The second-order valence-corrected chi connectivity index (χ2v) is 9.99. The molecule has 1 aliphatic rings. The van der Waals surface area contributed by atoms with Crippen LogP contribution in [0.15, 0.2) is 58.3 Å². The average molecular weight is 433 g/mol. The molecule has 7 heteroatoms. The van der Waals surface area contributed by atoms with E-state index < -0.39 is 10.0 Å². The van der Waals surface area contributed by atoms with Gasteiger partial charge in [-0.2, -0.15) is 0 Å². The summed E-state index contributed by atoms with van der Waals surface area (Å²) in [5.74, 6) is -0.0327. The standard InChI is InChI=1S/C22H28N2O3S2/c1-17(18-9-5-3-6-10-18)16-23-29(26,27)19-11-12-21(28-2)20(15-19)22(25)24-13-7-4-8-14-24/h3,5-6,9-12,15,17,23H,4,7-8,13-14,16H2,1-2H3/t17-/m1/s1. The van der Waals surface area contributed by atoms with E-state index in [1.165, 1.54) is 17.8 Å².